The van der Waals surface area contributed by atoms with Crippen LogP contribution in [-0.2, 0) is 9.59 Å². The fourth-order valence-electron chi connectivity index (χ4n) is 1.69. The van der Waals surface area contributed by atoms with E-state index in [4.69, 9.17) is 10.2 Å². The highest BCUT2D eigenvalue weighted by Gasteiger charge is 2.56. The number of hydrogen-bond acceptors (Lipinski definition) is 2. The largest absolute Gasteiger partial charge is 0.481 e. The Morgan fingerprint density at radius 3 is 2.17 bits per heavy atom. The van der Waals surface area contributed by atoms with E-state index in [2.05, 4.69) is 0 Å². The molecule has 0 aromatic heterocycles. The zero-order valence-electron chi connectivity index (χ0n) is 7.07. The van der Waals surface area contributed by atoms with E-state index in [1.807, 2.05) is 0 Å². The SMILES string of the molecule is CC1C(C(=O)O)CC1(C)C(=O)O. The number of hydrogen-bond donors (Lipinski definition) is 2. The predicted octanol–water partition coefficient (Wildman–Crippen LogP) is 0.818. The van der Waals surface area contributed by atoms with E-state index in [0.29, 0.717) is 0 Å². The van der Waals surface area contributed by atoms with E-state index >= 15 is 0 Å². The van der Waals surface area contributed by atoms with Crippen molar-refractivity contribution >= 4 is 11.9 Å². The highest BCUT2D eigenvalue weighted by molar-refractivity contribution is 5.81. The third kappa shape index (κ3) is 0.983. The molecule has 3 unspecified atom stereocenters. The average Bonchev–Trinajstić information content (AvgIpc) is 1.97. The van der Waals surface area contributed by atoms with Gasteiger partial charge in [-0.2, -0.15) is 0 Å². The molecule has 0 saturated heterocycles. The molecular weight excluding hydrogens is 160 g/mol. The highest BCUT2D eigenvalue weighted by atomic mass is 16.4. The standard InChI is InChI=1S/C8H12O4/c1-4-5(6(9)10)3-8(4,2)7(11)12/h4-5H,3H2,1-2H3,(H,9,10)(H,11,12). The monoisotopic (exact) mass is 172 g/mol. The summed E-state index contributed by atoms with van der Waals surface area (Å²) in [4.78, 5) is 21.2. The Hall–Kier alpha value is -1.06. The first-order valence-corrected chi connectivity index (χ1v) is 3.86. The summed E-state index contributed by atoms with van der Waals surface area (Å²) in [6.45, 7) is 3.27. The first-order valence-electron chi connectivity index (χ1n) is 3.86. The van der Waals surface area contributed by atoms with Crippen LogP contribution >= 0.6 is 0 Å². The number of carboxylic acid groups (broad SMARTS) is 2. The minimum Gasteiger partial charge on any atom is -0.481 e. The molecule has 0 aromatic rings. The summed E-state index contributed by atoms with van der Waals surface area (Å²) in [7, 11) is 0. The summed E-state index contributed by atoms with van der Waals surface area (Å²) in [6, 6.07) is 0. The molecule has 0 bridgehead atoms. The van der Waals surface area contributed by atoms with Gasteiger partial charge in [-0.15, -0.1) is 0 Å². The van der Waals surface area contributed by atoms with Crippen LogP contribution in [0.25, 0.3) is 0 Å². The smallest absolute Gasteiger partial charge is 0.309 e. The van der Waals surface area contributed by atoms with Crippen LogP contribution in [0.1, 0.15) is 20.3 Å². The molecule has 12 heavy (non-hydrogen) atoms. The average molecular weight is 172 g/mol. The molecule has 1 rings (SSSR count). The van der Waals surface area contributed by atoms with Gasteiger partial charge in [0.05, 0.1) is 11.3 Å². The molecule has 1 fully saturated rings. The molecule has 4 nitrogen and oxygen atoms in total. The number of aliphatic carboxylic acids is 2. The van der Waals surface area contributed by atoms with Crippen molar-refractivity contribution < 1.29 is 19.8 Å². The Bertz CT molecular complexity index is 235. The highest BCUT2D eigenvalue weighted by Crippen LogP contribution is 2.50. The second-order valence-electron chi connectivity index (χ2n) is 3.66. The van der Waals surface area contributed by atoms with Crippen molar-refractivity contribution in [1.82, 2.24) is 0 Å². The van der Waals surface area contributed by atoms with Crippen molar-refractivity contribution in [2.75, 3.05) is 0 Å². The summed E-state index contributed by atoms with van der Waals surface area (Å²) >= 11 is 0. The van der Waals surface area contributed by atoms with Crippen LogP contribution < -0.4 is 0 Å². The van der Waals surface area contributed by atoms with Crippen molar-refractivity contribution in [3.63, 3.8) is 0 Å². The van der Waals surface area contributed by atoms with Crippen LogP contribution in [0.2, 0.25) is 0 Å². The van der Waals surface area contributed by atoms with Gasteiger partial charge in [0, 0.05) is 0 Å². The Labute approximate surface area is 70.2 Å². The number of carbonyl (C=O) groups is 2. The molecule has 0 spiro atoms. The Morgan fingerprint density at radius 1 is 1.42 bits per heavy atom. The zero-order valence-corrected chi connectivity index (χ0v) is 7.07. The molecule has 0 amide bonds. The minimum absolute atomic E-state index is 0.249. The molecular formula is C8H12O4. The third-order valence-corrected chi connectivity index (χ3v) is 3.06. The molecule has 0 radical (unpaired) electrons. The molecule has 0 heterocycles. The summed E-state index contributed by atoms with van der Waals surface area (Å²) in [5.41, 5.74) is -0.830. The van der Waals surface area contributed by atoms with Crippen molar-refractivity contribution in [2.24, 2.45) is 17.3 Å². The Morgan fingerprint density at radius 2 is 1.92 bits per heavy atom. The lowest BCUT2D eigenvalue weighted by atomic mass is 9.55. The quantitative estimate of drug-likeness (QED) is 0.646. The van der Waals surface area contributed by atoms with E-state index in [1.165, 1.54) is 0 Å². The Balaban J connectivity index is 2.70. The lowest BCUT2D eigenvalue weighted by molar-refractivity contribution is -0.173. The van der Waals surface area contributed by atoms with Gasteiger partial charge in [0.2, 0.25) is 0 Å². The van der Waals surface area contributed by atoms with E-state index in [1.54, 1.807) is 13.8 Å². The first kappa shape index (κ1) is 9.03. The zero-order chi connectivity index (χ0) is 9.52. The summed E-state index contributed by atoms with van der Waals surface area (Å²) in [5, 5.41) is 17.4. The fraction of sp³-hybridized carbons (Fsp3) is 0.750. The summed E-state index contributed by atoms with van der Waals surface area (Å²) in [6.07, 6.45) is 0.249. The van der Waals surface area contributed by atoms with Gasteiger partial charge in [-0.1, -0.05) is 6.92 Å². The lowest BCUT2D eigenvalue weighted by Crippen LogP contribution is -2.52. The molecule has 0 aromatic carbocycles. The van der Waals surface area contributed by atoms with Crippen LogP contribution in [-0.4, -0.2) is 22.2 Å². The molecule has 1 aliphatic carbocycles. The third-order valence-electron chi connectivity index (χ3n) is 3.06. The van der Waals surface area contributed by atoms with Crippen LogP contribution in [0.3, 0.4) is 0 Å². The number of rotatable bonds is 2. The summed E-state index contributed by atoms with van der Waals surface area (Å²) in [5.74, 6) is -2.53. The molecule has 68 valence electrons. The predicted molar refractivity (Wildman–Crippen MR) is 40.6 cm³/mol. The van der Waals surface area contributed by atoms with Crippen LogP contribution in [0.15, 0.2) is 0 Å². The maximum absolute atomic E-state index is 10.7. The normalized spacial score (nSPS) is 40.2. The van der Waals surface area contributed by atoms with Crippen molar-refractivity contribution in [2.45, 2.75) is 20.3 Å². The maximum atomic E-state index is 10.7. The molecule has 3 atom stereocenters. The van der Waals surface area contributed by atoms with Crippen LogP contribution in [0.5, 0.6) is 0 Å². The van der Waals surface area contributed by atoms with Crippen molar-refractivity contribution in [3.05, 3.63) is 0 Å². The topological polar surface area (TPSA) is 74.6 Å². The molecule has 4 heteroatoms. The van der Waals surface area contributed by atoms with Gasteiger partial charge in [0.25, 0.3) is 0 Å². The molecule has 1 aliphatic rings. The fourth-order valence-corrected chi connectivity index (χ4v) is 1.69. The van der Waals surface area contributed by atoms with Gasteiger partial charge in [-0.3, -0.25) is 9.59 Å². The van der Waals surface area contributed by atoms with Crippen molar-refractivity contribution in [1.29, 1.82) is 0 Å². The van der Waals surface area contributed by atoms with E-state index in [9.17, 15) is 9.59 Å². The van der Waals surface area contributed by atoms with E-state index in [0.717, 1.165) is 0 Å². The molecule has 2 N–H and O–H groups in total. The molecule has 1 saturated carbocycles. The van der Waals surface area contributed by atoms with Crippen LogP contribution in [0.4, 0.5) is 0 Å². The first-order chi connectivity index (χ1) is 5.39. The lowest BCUT2D eigenvalue weighted by Gasteiger charge is -2.46. The summed E-state index contributed by atoms with van der Waals surface area (Å²) < 4.78 is 0. The number of carboxylic acids is 2. The minimum atomic E-state index is -0.896. The van der Waals surface area contributed by atoms with Gasteiger partial charge in [-0.05, 0) is 19.3 Å². The second-order valence-corrected chi connectivity index (χ2v) is 3.66. The van der Waals surface area contributed by atoms with Gasteiger partial charge in [0.15, 0.2) is 0 Å². The maximum Gasteiger partial charge on any atom is 0.309 e. The van der Waals surface area contributed by atoms with Crippen LogP contribution in [0, 0.1) is 17.3 Å². The second kappa shape index (κ2) is 2.47. The van der Waals surface area contributed by atoms with Gasteiger partial charge in [-0.25, -0.2) is 0 Å². The van der Waals surface area contributed by atoms with E-state index < -0.39 is 23.3 Å². The van der Waals surface area contributed by atoms with Gasteiger partial charge < -0.3 is 10.2 Å². The Kier molecular flexibility index (Phi) is 1.86. The van der Waals surface area contributed by atoms with Gasteiger partial charge in [0.1, 0.15) is 0 Å². The van der Waals surface area contributed by atoms with E-state index in [-0.39, 0.29) is 12.3 Å². The van der Waals surface area contributed by atoms with Gasteiger partial charge >= 0.3 is 11.9 Å². The van der Waals surface area contributed by atoms with Crippen molar-refractivity contribution in [3.8, 4) is 0 Å². The molecule has 0 aliphatic heterocycles.